The summed E-state index contributed by atoms with van der Waals surface area (Å²) in [6.07, 6.45) is 3.73. The Morgan fingerprint density at radius 2 is 2.45 bits per heavy atom. The van der Waals surface area contributed by atoms with Gasteiger partial charge in [-0.2, -0.15) is 0 Å². The molecule has 112 valence electrons. The van der Waals surface area contributed by atoms with Gasteiger partial charge in [-0.3, -0.25) is 4.79 Å². The van der Waals surface area contributed by atoms with Crippen LogP contribution in [0, 0.1) is 0 Å². The monoisotopic (exact) mass is 344 g/mol. The smallest absolute Gasteiger partial charge is 0.268 e. The van der Waals surface area contributed by atoms with Gasteiger partial charge in [-0.1, -0.05) is 6.92 Å². The molecule has 0 spiro atoms. The molecule has 0 bridgehead atoms. The highest BCUT2D eigenvalue weighted by Gasteiger charge is 2.35. The number of aromatic nitrogens is 1. The van der Waals surface area contributed by atoms with Gasteiger partial charge < -0.3 is 19.4 Å². The van der Waals surface area contributed by atoms with Crippen molar-refractivity contribution in [2.75, 3.05) is 26.9 Å². The van der Waals surface area contributed by atoms with Crippen molar-refractivity contribution >= 4 is 21.8 Å². The van der Waals surface area contributed by atoms with Crippen LogP contribution < -0.4 is 5.32 Å². The summed E-state index contributed by atoms with van der Waals surface area (Å²) >= 11 is 3.42. The van der Waals surface area contributed by atoms with Gasteiger partial charge in [0.2, 0.25) is 0 Å². The van der Waals surface area contributed by atoms with Crippen molar-refractivity contribution in [2.24, 2.45) is 0 Å². The van der Waals surface area contributed by atoms with E-state index in [1.54, 1.807) is 7.11 Å². The van der Waals surface area contributed by atoms with Gasteiger partial charge in [-0.05, 0) is 28.4 Å². The van der Waals surface area contributed by atoms with E-state index < -0.39 is 0 Å². The third-order valence-corrected chi connectivity index (χ3v) is 4.07. The second-order valence-electron chi connectivity index (χ2n) is 5.11. The number of nitrogens with zero attached hydrogens (tertiary/aromatic N) is 1. The third-order valence-electron chi connectivity index (χ3n) is 3.63. The van der Waals surface area contributed by atoms with Gasteiger partial charge >= 0.3 is 0 Å². The van der Waals surface area contributed by atoms with Crippen LogP contribution in [0.4, 0.5) is 0 Å². The molecule has 1 aliphatic heterocycles. The highest BCUT2D eigenvalue weighted by atomic mass is 79.9. The van der Waals surface area contributed by atoms with Crippen molar-refractivity contribution in [3.05, 3.63) is 22.4 Å². The van der Waals surface area contributed by atoms with Crippen molar-refractivity contribution in [3.8, 4) is 0 Å². The fourth-order valence-electron chi connectivity index (χ4n) is 2.38. The molecule has 1 atom stereocenters. The number of ether oxygens (including phenoxy) is 2. The van der Waals surface area contributed by atoms with E-state index >= 15 is 0 Å². The molecule has 20 heavy (non-hydrogen) atoms. The van der Waals surface area contributed by atoms with Gasteiger partial charge in [0, 0.05) is 43.9 Å². The number of hydrogen-bond acceptors (Lipinski definition) is 3. The molecule has 0 saturated carbocycles. The van der Waals surface area contributed by atoms with Crippen LogP contribution in [-0.2, 0) is 16.0 Å². The first-order chi connectivity index (χ1) is 9.60. The molecule has 2 rings (SSSR count). The second kappa shape index (κ2) is 6.74. The average Bonchev–Trinajstić information content (AvgIpc) is 3.04. The zero-order chi connectivity index (χ0) is 14.6. The van der Waals surface area contributed by atoms with E-state index in [1.165, 1.54) is 0 Å². The number of nitrogens with one attached hydrogen (secondary N) is 1. The van der Waals surface area contributed by atoms with Crippen molar-refractivity contribution in [1.29, 1.82) is 0 Å². The lowest BCUT2D eigenvalue weighted by Gasteiger charge is -2.25. The lowest BCUT2D eigenvalue weighted by atomic mass is 10.0. The maximum absolute atomic E-state index is 12.3. The molecule has 0 aromatic carbocycles. The normalized spacial score (nSPS) is 22.1. The van der Waals surface area contributed by atoms with Crippen molar-refractivity contribution in [1.82, 2.24) is 9.88 Å². The fourth-order valence-corrected chi connectivity index (χ4v) is 2.85. The number of methoxy groups -OCH3 is 1. The van der Waals surface area contributed by atoms with Crippen LogP contribution in [-0.4, -0.2) is 42.9 Å². The van der Waals surface area contributed by atoms with Crippen molar-refractivity contribution in [3.63, 3.8) is 0 Å². The van der Waals surface area contributed by atoms with Crippen LogP contribution in [0.15, 0.2) is 16.7 Å². The minimum absolute atomic E-state index is 0.0764. The first-order valence-corrected chi connectivity index (χ1v) is 7.66. The van der Waals surface area contributed by atoms with E-state index in [2.05, 4.69) is 28.2 Å². The quantitative estimate of drug-likeness (QED) is 0.860. The fraction of sp³-hybridized carbons (Fsp3) is 0.643. The summed E-state index contributed by atoms with van der Waals surface area (Å²) in [5, 5.41) is 2.96. The third kappa shape index (κ3) is 3.42. The van der Waals surface area contributed by atoms with Crippen molar-refractivity contribution in [2.45, 2.75) is 31.9 Å². The summed E-state index contributed by atoms with van der Waals surface area (Å²) in [5.74, 6) is -0.0764. The van der Waals surface area contributed by atoms with Crippen LogP contribution in [0.25, 0.3) is 0 Å². The van der Waals surface area contributed by atoms with Gasteiger partial charge in [0.25, 0.3) is 5.91 Å². The lowest BCUT2D eigenvalue weighted by molar-refractivity contribution is -0.0149. The van der Waals surface area contributed by atoms with E-state index in [0.717, 1.165) is 23.9 Å². The molecule has 0 radical (unpaired) electrons. The first kappa shape index (κ1) is 15.5. The highest BCUT2D eigenvalue weighted by molar-refractivity contribution is 9.10. The molecule has 2 heterocycles. The van der Waals surface area contributed by atoms with E-state index in [4.69, 9.17) is 9.47 Å². The first-order valence-electron chi connectivity index (χ1n) is 6.87. The van der Waals surface area contributed by atoms with Gasteiger partial charge in [-0.25, -0.2) is 0 Å². The molecule has 1 aromatic heterocycles. The maximum atomic E-state index is 12.3. The number of aryl methyl sites for hydroxylation is 1. The van der Waals surface area contributed by atoms with Gasteiger partial charge in [0.1, 0.15) is 11.3 Å². The molecule has 1 aromatic rings. The average molecular weight is 345 g/mol. The Kier molecular flexibility index (Phi) is 5.23. The summed E-state index contributed by atoms with van der Waals surface area (Å²) in [4.78, 5) is 12.3. The van der Waals surface area contributed by atoms with Gasteiger partial charge in [0.05, 0.1) is 6.61 Å². The topological polar surface area (TPSA) is 52.5 Å². The van der Waals surface area contributed by atoms with Gasteiger partial charge in [0.15, 0.2) is 0 Å². The predicted octanol–water partition coefficient (Wildman–Crippen LogP) is 2.20. The summed E-state index contributed by atoms with van der Waals surface area (Å²) in [5.41, 5.74) is 0.290. The molecule has 1 amide bonds. The van der Waals surface area contributed by atoms with Crippen LogP contribution in [0.5, 0.6) is 0 Å². The number of amides is 1. The highest BCUT2D eigenvalue weighted by Crippen LogP contribution is 2.22. The standard InChI is InChI=1S/C14H21BrN2O3/c1-3-5-17-8-11(15)7-12(17)13(18)16-9-14(19-2)4-6-20-10-14/h7-8H,3-6,9-10H2,1-2H3,(H,16,18). The number of rotatable bonds is 6. The van der Waals surface area contributed by atoms with Crippen LogP contribution in [0.1, 0.15) is 30.3 Å². The molecule has 5 nitrogen and oxygen atoms in total. The lowest BCUT2D eigenvalue weighted by Crippen LogP contribution is -2.45. The summed E-state index contributed by atoms with van der Waals surface area (Å²) in [6.45, 7) is 4.60. The number of carbonyl (C=O) groups excluding carboxylic acids is 1. The van der Waals surface area contributed by atoms with Crippen LogP contribution in [0.2, 0.25) is 0 Å². The van der Waals surface area contributed by atoms with Gasteiger partial charge in [-0.15, -0.1) is 0 Å². The molecule has 1 aliphatic rings. The summed E-state index contributed by atoms with van der Waals surface area (Å²) in [6, 6.07) is 1.84. The Balaban J connectivity index is 2.01. The Morgan fingerprint density at radius 3 is 3.05 bits per heavy atom. The predicted molar refractivity (Wildman–Crippen MR) is 79.9 cm³/mol. The molecule has 6 heteroatoms. The van der Waals surface area contributed by atoms with Crippen molar-refractivity contribution < 1.29 is 14.3 Å². The maximum Gasteiger partial charge on any atom is 0.268 e. The molecule has 1 saturated heterocycles. The van der Waals surface area contributed by atoms with E-state index in [-0.39, 0.29) is 11.5 Å². The van der Waals surface area contributed by atoms with Crippen LogP contribution >= 0.6 is 15.9 Å². The molecule has 1 unspecified atom stereocenters. The molecule has 1 fully saturated rings. The second-order valence-corrected chi connectivity index (χ2v) is 6.03. The minimum atomic E-state index is -0.380. The Labute approximate surface area is 127 Å². The molecule has 0 aliphatic carbocycles. The minimum Gasteiger partial charge on any atom is -0.378 e. The van der Waals surface area contributed by atoms with E-state index in [9.17, 15) is 4.79 Å². The zero-order valence-corrected chi connectivity index (χ0v) is 13.5. The zero-order valence-electron chi connectivity index (χ0n) is 11.9. The Hall–Kier alpha value is -0.850. The van der Waals surface area contributed by atoms with E-state index in [1.807, 2.05) is 16.8 Å². The number of hydrogen-bond donors (Lipinski definition) is 1. The summed E-state index contributed by atoms with van der Waals surface area (Å²) < 4.78 is 13.8. The number of halogens is 1. The molecular formula is C14H21BrN2O3. The van der Waals surface area contributed by atoms with Crippen LogP contribution in [0.3, 0.4) is 0 Å². The summed E-state index contributed by atoms with van der Waals surface area (Å²) in [7, 11) is 1.66. The van der Waals surface area contributed by atoms with E-state index in [0.29, 0.717) is 25.5 Å². The molecule has 1 N–H and O–H groups in total. The Bertz CT molecular complexity index is 467. The molecular weight excluding hydrogens is 324 g/mol. The number of carbonyl (C=O) groups is 1. The largest absolute Gasteiger partial charge is 0.378 e. The SMILES string of the molecule is CCCn1cc(Br)cc1C(=O)NCC1(OC)CCOC1. The Morgan fingerprint density at radius 1 is 1.65 bits per heavy atom.